The highest BCUT2D eigenvalue weighted by molar-refractivity contribution is 5.93. The number of likely N-dealkylation sites (tertiary alicyclic amines) is 1. The third-order valence-corrected chi connectivity index (χ3v) is 4.84. The van der Waals surface area contributed by atoms with E-state index >= 15 is 0 Å². The summed E-state index contributed by atoms with van der Waals surface area (Å²) in [6.45, 7) is 7.57. The number of aryl methyl sites for hydroxylation is 1. The second kappa shape index (κ2) is 9.95. The molecule has 0 saturated carbocycles. The lowest BCUT2D eigenvalue weighted by Crippen LogP contribution is -2.40. The summed E-state index contributed by atoms with van der Waals surface area (Å²) in [6.07, 6.45) is 4.53. The van der Waals surface area contributed by atoms with Gasteiger partial charge >= 0.3 is 0 Å². The van der Waals surface area contributed by atoms with Crippen LogP contribution in [0.15, 0.2) is 47.3 Å². The quantitative estimate of drug-likeness (QED) is 0.882. The molecule has 140 valence electrons. The lowest BCUT2D eigenvalue weighted by molar-refractivity contribution is 0.0711. The van der Waals surface area contributed by atoms with Gasteiger partial charge in [0.05, 0.1) is 0 Å². The maximum Gasteiger partial charge on any atom is 0.260 e. The SMILES string of the molecule is CCCC.Cc1ccc(C(=O)N2CCC(c3ccccc3)CC2)c(=O)[nH]1. The molecule has 1 aliphatic rings. The number of piperidine rings is 1. The van der Waals surface area contributed by atoms with E-state index in [1.807, 2.05) is 6.07 Å². The summed E-state index contributed by atoms with van der Waals surface area (Å²) in [6, 6.07) is 13.8. The van der Waals surface area contributed by atoms with Gasteiger partial charge in [0.25, 0.3) is 11.5 Å². The molecule has 1 amide bonds. The molecule has 1 fully saturated rings. The number of pyridine rings is 1. The number of nitrogens with one attached hydrogen (secondary N) is 1. The van der Waals surface area contributed by atoms with E-state index in [4.69, 9.17) is 0 Å². The van der Waals surface area contributed by atoms with Crippen molar-refractivity contribution in [1.29, 1.82) is 0 Å². The van der Waals surface area contributed by atoms with E-state index in [9.17, 15) is 9.59 Å². The molecular formula is C22H30N2O2. The van der Waals surface area contributed by atoms with Crippen molar-refractivity contribution in [1.82, 2.24) is 9.88 Å². The summed E-state index contributed by atoms with van der Waals surface area (Å²) in [7, 11) is 0. The van der Waals surface area contributed by atoms with Crippen LogP contribution in [0.25, 0.3) is 0 Å². The zero-order valence-corrected chi connectivity index (χ0v) is 16.1. The molecule has 4 nitrogen and oxygen atoms in total. The molecule has 26 heavy (non-hydrogen) atoms. The Bertz CT molecular complexity index is 742. The number of H-pyrrole nitrogens is 1. The molecule has 0 bridgehead atoms. The third-order valence-electron chi connectivity index (χ3n) is 4.84. The van der Waals surface area contributed by atoms with Crippen LogP contribution in [-0.2, 0) is 0 Å². The van der Waals surface area contributed by atoms with Crippen molar-refractivity contribution < 1.29 is 4.79 Å². The number of benzene rings is 1. The van der Waals surface area contributed by atoms with Crippen LogP contribution in [0.4, 0.5) is 0 Å². The van der Waals surface area contributed by atoms with Crippen LogP contribution in [0.5, 0.6) is 0 Å². The van der Waals surface area contributed by atoms with Gasteiger partial charge in [-0.25, -0.2) is 0 Å². The minimum absolute atomic E-state index is 0.159. The summed E-state index contributed by atoms with van der Waals surface area (Å²) in [4.78, 5) is 28.9. The highest BCUT2D eigenvalue weighted by Crippen LogP contribution is 2.28. The lowest BCUT2D eigenvalue weighted by atomic mass is 9.89. The fourth-order valence-electron chi connectivity index (χ4n) is 3.05. The smallest absolute Gasteiger partial charge is 0.260 e. The van der Waals surface area contributed by atoms with Crippen molar-refractivity contribution in [2.24, 2.45) is 0 Å². The number of carbonyl (C=O) groups is 1. The Morgan fingerprint density at radius 3 is 2.19 bits per heavy atom. The van der Waals surface area contributed by atoms with Gasteiger partial charge in [0.1, 0.15) is 5.56 Å². The van der Waals surface area contributed by atoms with Crippen molar-refractivity contribution in [3.63, 3.8) is 0 Å². The number of hydrogen-bond acceptors (Lipinski definition) is 2. The highest BCUT2D eigenvalue weighted by Gasteiger charge is 2.25. The molecular weight excluding hydrogens is 324 g/mol. The number of unbranched alkanes of at least 4 members (excludes halogenated alkanes) is 1. The fraction of sp³-hybridized carbons (Fsp3) is 0.455. The number of hydrogen-bond donors (Lipinski definition) is 1. The number of aromatic amines is 1. The molecule has 0 aliphatic carbocycles. The molecule has 1 aliphatic heterocycles. The number of carbonyl (C=O) groups excluding carboxylic acids is 1. The summed E-state index contributed by atoms with van der Waals surface area (Å²) in [5.41, 5.74) is 2.05. The molecule has 1 saturated heterocycles. The van der Waals surface area contributed by atoms with E-state index in [0.717, 1.165) is 18.5 Å². The second-order valence-electron chi connectivity index (χ2n) is 6.86. The standard InChI is InChI=1S/C18H20N2O2.C4H10/c1-13-7-8-16(17(21)19-13)18(22)20-11-9-15(10-12-20)14-5-3-2-4-6-14;1-3-4-2/h2-8,15H,9-12H2,1H3,(H,19,21);3-4H2,1-2H3. The van der Waals surface area contributed by atoms with Gasteiger partial charge in [0.2, 0.25) is 0 Å². The first-order chi connectivity index (χ1) is 12.6. The Balaban J connectivity index is 0.000000552. The number of aromatic nitrogens is 1. The molecule has 0 radical (unpaired) electrons. The van der Waals surface area contributed by atoms with Gasteiger partial charge < -0.3 is 9.88 Å². The summed E-state index contributed by atoms with van der Waals surface area (Å²) >= 11 is 0. The first-order valence-electron chi connectivity index (χ1n) is 9.61. The zero-order valence-electron chi connectivity index (χ0n) is 16.1. The van der Waals surface area contributed by atoms with E-state index in [0.29, 0.717) is 19.0 Å². The highest BCUT2D eigenvalue weighted by atomic mass is 16.2. The maximum atomic E-state index is 12.5. The average molecular weight is 354 g/mol. The van der Waals surface area contributed by atoms with Gasteiger partial charge in [-0.2, -0.15) is 0 Å². The molecule has 2 heterocycles. The first-order valence-corrected chi connectivity index (χ1v) is 9.61. The molecule has 0 spiro atoms. The molecule has 0 atom stereocenters. The van der Waals surface area contributed by atoms with Gasteiger partial charge in [0, 0.05) is 18.8 Å². The van der Waals surface area contributed by atoms with Crippen molar-refractivity contribution in [3.8, 4) is 0 Å². The molecule has 1 N–H and O–H groups in total. The Hall–Kier alpha value is -2.36. The largest absolute Gasteiger partial charge is 0.338 e. The van der Waals surface area contributed by atoms with Crippen LogP contribution in [0.1, 0.15) is 67.1 Å². The predicted molar refractivity (Wildman–Crippen MR) is 107 cm³/mol. The van der Waals surface area contributed by atoms with E-state index in [-0.39, 0.29) is 17.0 Å². The Labute approximate surface area is 156 Å². The normalized spacial score (nSPS) is 14.5. The van der Waals surface area contributed by atoms with Gasteiger partial charge in [-0.15, -0.1) is 0 Å². The molecule has 0 unspecified atom stereocenters. The predicted octanol–water partition coefficient (Wildman–Crippen LogP) is 4.51. The Morgan fingerprint density at radius 1 is 1.04 bits per heavy atom. The molecule has 1 aromatic carbocycles. The van der Waals surface area contributed by atoms with Crippen molar-refractivity contribution >= 4 is 5.91 Å². The van der Waals surface area contributed by atoms with Crippen LogP contribution in [0.3, 0.4) is 0 Å². The average Bonchev–Trinajstić information content (AvgIpc) is 2.68. The van der Waals surface area contributed by atoms with Crippen LogP contribution >= 0.6 is 0 Å². The van der Waals surface area contributed by atoms with Crippen LogP contribution in [-0.4, -0.2) is 28.9 Å². The summed E-state index contributed by atoms with van der Waals surface area (Å²) in [5, 5.41) is 0. The van der Waals surface area contributed by atoms with E-state index in [1.165, 1.54) is 18.4 Å². The van der Waals surface area contributed by atoms with E-state index < -0.39 is 0 Å². The first kappa shape index (κ1) is 20.0. The van der Waals surface area contributed by atoms with Gasteiger partial charge in [-0.3, -0.25) is 9.59 Å². The van der Waals surface area contributed by atoms with Gasteiger partial charge in [-0.1, -0.05) is 57.0 Å². The van der Waals surface area contributed by atoms with Gasteiger partial charge in [0.15, 0.2) is 0 Å². The van der Waals surface area contributed by atoms with E-state index in [1.54, 1.807) is 24.0 Å². The zero-order chi connectivity index (χ0) is 18.9. The van der Waals surface area contributed by atoms with E-state index in [2.05, 4.69) is 43.1 Å². The van der Waals surface area contributed by atoms with Crippen LogP contribution < -0.4 is 5.56 Å². The second-order valence-corrected chi connectivity index (χ2v) is 6.86. The molecule has 1 aromatic heterocycles. The topological polar surface area (TPSA) is 53.2 Å². The monoisotopic (exact) mass is 354 g/mol. The Kier molecular flexibility index (Phi) is 7.64. The minimum Gasteiger partial charge on any atom is -0.338 e. The Morgan fingerprint density at radius 2 is 1.65 bits per heavy atom. The number of amides is 1. The summed E-state index contributed by atoms with van der Waals surface area (Å²) < 4.78 is 0. The molecule has 4 heteroatoms. The summed E-state index contributed by atoms with van der Waals surface area (Å²) in [5.74, 6) is 0.342. The number of rotatable bonds is 3. The van der Waals surface area contributed by atoms with Crippen molar-refractivity contribution in [3.05, 3.63) is 69.6 Å². The molecule has 3 rings (SSSR count). The van der Waals surface area contributed by atoms with Crippen molar-refractivity contribution in [2.75, 3.05) is 13.1 Å². The number of nitrogens with zero attached hydrogens (tertiary/aromatic N) is 1. The van der Waals surface area contributed by atoms with Crippen molar-refractivity contribution in [2.45, 2.75) is 52.4 Å². The minimum atomic E-state index is -0.296. The van der Waals surface area contributed by atoms with Crippen LogP contribution in [0.2, 0.25) is 0 Å². The van der Waals surface area contributed by atoms with Gasteiger partial charge in [-0.05, 0) is 43.4 Å². The third kappa shape index (κ3) is 5.32. The lowest BCUT2D eigenvalue weighted by Gasteiger charge is -2.32. The maximum absolute atomic E-state index is 12.5. The van der Waals surface area contributed by atoms with Crippen LogP contribution in [0, 0.1) is 6.92 Å². The molecule has 2 aromatic rings. The fourth-order valence-corrected chi connectivity index (χ4v) is 3.05.